The van der Waals surface area contributed by atoms with Crippen molar-refractivity contribution in [2.45, 2.75) is 0 Å². The molecule has 0 aliphatic rings. The minimum atomic E-state index is 0.907. The van der Waals surface area contributed by atoms with E-state index in [-0.39, 0.29) is 0 Å². The van der Waals surface area contributed by atoms with E-state index < -0.39 is 0 Å². The third kappa shape index (κ3) is 3.89. The minimum Gasteiger partial charge on any atom is -0.455 e. The molecular weight excluding hydrogens is 713 g/mol. The van der Waals surface area contributed by atoms with Crippen molar-refractivity contribution >= 4 is 129 Å². The van der Waals surface area contributed by atoms with Gasteiger partial charge in [-0.1, -0.05) is 133 Å². The molecule has 0 radical (unpaired) electrons. The Morgan fingerprint density at radius 2 is 0.842 bits per heavy atom. The fourth-order valence-corrected chi connectivity index (χ4v) is 11.4. The molecule has 0 aliphatic heterocycles. The maximum atomic E-state index is 6.80. The SMILES string of the molecule is c1ccc2c(c1)sc1c2ccc2c3cc(-c4c5ccccc5c(-c5ccc6oc7c8cccc9ccc%10cccc(c7c6c5)c%10c98)c5ccccc45)ccc3oc21. The van der Waals surface area contributed by atoms with Gasteiger partial charge in [0.2, 0.25) is 0 Å². The predicted octanol–water partition coefficient (Wildman–Crippen LogP) is 16.4. The lowest BCUT2D eigenvalue weighted by atomic mass is 9.85. The lowest BCUT2D eigenvalue weighted by Gasteiger charge is -2.18. The Morgan fingerprint density at radius 1 is 0.316 bits per heavy atom. The molecule has 0 fully saturated rings. The van der Waals surface area contributed by atoms with E-state index in [1.54, 1.807) is 0 Å². The Morgan fingerprint density at radius 3 is 1.53 bits per heavy atom. The molecule has 0 amide bonds. The van der Waals surface area contributed by atoms with Crippen LogP contribution in [0.15, 0.2) is 179 Å². The summed E-state index contributed by atoms with van der Waals surface area (Å²) >= 11 is 1.81. The number of fused-ring (bicyclic) bond motifs is 14. The third-order valence-corrected chi connectivity index (χ3v) is 13.8. The molecule has 3 aromatic heterocycles. The standard InChI is InChI=1S/C54H28O2S/c1-3-14-36-34(12-1)47(31-21-25-44-42(27-31)38-23-24-39-33-11-5-6-18-46(33)57-54(39)53(38)56-44)35-13-2-4-15-37(35)48(36)32-22-26-45-43(28-32)51-40-16-7-9-29-19-20-30-10-8-17-41(52(51)55-45)50(30)49(29)40/h1-28H. The first kappa shape index (κ1) is 30.1. The second-order valence-electron chi connectivity index (χ2n) is 15.5. The van der Waals surface area contributed by atoms with E-state index in [9.17, 15) is 0 Å². The van der Waals surface area contributed by atoms with Gasteiger partial charge in [0, 0.05) is 47.8 Å². The molecule has 0 saturated carbocycles. The van der Waals surface area contributed by atoms with E-state index in [2.05, 4.69) is 170 Å². The molecule has 14 aromatic rings. The van der Waals surface area contributed by atoms with Crippen LogP contribution in [0.2, 0.25) is 0 Å². The van der Waals surface area contributed by atoms with E-state index in [4.69, 9.17) is 8.83 Å². The van der Waals surface area contributed by atoms with Crippen molar-refractivity contribution in [2.24, 2.45) is 0 Å². The van der Waals surface area contributed by atoms with E-state index in [1.165, 1.54) is 102 Å². The zero-order valence-corrected chi connectivity index (χ0v) is 31.2. The third-order valence-electron chi connectivity index (χ3n) is 12.6. The number of thiophene rings is 1. The fraction of sp³-hybridized carbons (Fsp3) is 0. The molecule has 0 bridgehead atoms. The first-order valence-electron chi connectivity index (χ1n) is 19.5. The van der Waals surface area contributed by atoms with Crippen LogP contribution in [0.25, 0.3) is 140 Å². The summed E-state index contributed by atoms with van der Waals surface area (Å²) in [7, 11) is 0. The molecule has 0 N–H and O–H groups in total. The predicted molar refractivity (Wildman–Crippen MR) is 243 cm³/mol. The monoisotopic (exact) mass is 740 g/mol. The Kier molecular flexibility index (Phi) is 5.68. The molecule has 57 heavy (non-hydrogen) atoms. The van der Waals surface area contributed by atoms with Crippen molar-refractivity contribution in [1.82, 2.24) is 0 Å². The smallest absolute Gasteiger partial charge is 0.153 e. The van der Waals surface area contributed by atoms with Crippen LogP contribution in [0.3, 0.4) is 0 Å². The molecule has 262 valence electrons. The first-order valence-corrected chi connectivity index (χ1v) is 20.3. The summed E-state index contributed by atoms with van der Waals surface area (Å²) in [5.41, 5.74) is 8.58. The highest BCUT2D eigenvalue weighted by Gasteiger charge is 2.22. The van der Waals surface area contributed by atoms with Gasteiger partial charge in [0.15, 0.2) is 5.58 Å². The summed E-state index contributed by atoms with van der Waals surface area (Å²) < 4.78 is 16.0. The summed E-state index contributed by atoms with van der Waals surface area (Å²) in [5, 5.41) is 19.6. The van der Waals surface area contributed by atoms with Gasteiger partial charge in [-0.2, -0.15) is 0 Å². The van der Waals surface area contributed by atoms with Crippen LogP contribution in [0, 0.1) is 0 Å². The van der Waals surface area contributed by atoms with Gasteiger partial charge in [0.1, 0.15) is 16.7 Å². The van der Waals surface area contributed by atoms with Crippen molar-refractivity contribution in [3.8, 4) is 22.3 Å². The fourth-order valence-electron chi connectivity index (χ4n) is 10.2. The Hall–Kier alpha value is -7.20. The Balaban J connectivity index is 1.03. The van der Waals surface area contributed by atoms with Crippen LogP contribution >= 0.6 is 11.3 Å². The number of hydrogen-bond donors (Lipinski definition) is 0. The average molecular weight is 741 g/mol. The molecule has 14 rings (SSSR count). The van der Waals surface area contributed by atoms with E-state index in [0.717, 1.165) is 38.5 Å². The molecule has 0 atom stereocenters. The van der Waals surface area contributed by atoms with Crippen molar-refractivity contribution in [1.29, 1.82) is 0 Å². The van der Waals surface area contributed by atoms with Gasteiger partial charge in [-0.3, -0.25) is 0 Å². The van der Waals surface area contributed by atoms with Gasteiger partial charge in [-0.25, -0.2) is 0 Å². The number of furan rings is 2. The summed E-state index contributed by atoms with van der Waals surface area (Å²) in [6, 6.07) is 62.3. The first-order chi connectivity index (χ1) is 28.3. The molecular formula is C54H28O2S. The van der Waals surface area contributed by atoms with Crippen LogP contribution < -0.4 is 0 Å². The molecule has 3 heterocycles. The molecule has 2 nitrogen and oxygen atoms in total. The van der Waals surface area contributed by atoms with E-state index >= 15 is 0 Å². The number of rotatable bonds is 2. The van der Waals surface area contributed by atoms with Crippen molar-refractivity contribution in [3.05, 3.63) is 170 Å². The molecule has 11 aromatic carbocycles. The van der Waals surface area contributed by atoms with Gasteiger partial charge < -0.3 is 8.83 Å². The number of hydrogen-bond acceptors (Lipinski definition) is 3. The summed E-state index contributed by atoms with van der Waals surface area (Å²) in [5.74, 6) is 0. The molecule has 0 aliphatic carbocycles. The molecule has 3 heteroatoms. The quantitative estimate of drug-likeness (QED) is 0.130. The maximum absolute atomic E-state index is 6.80. The van der Waals surface area contributed by atoms with Gasteiger partial charge in [-0.05, 0) is 102 Å². The molecule has 0 saturated heterocycles. The van der Waals surface area contributed by atoms with E-state index in [1.807, 2.05) is 11.3 Å². The van der Waals surface area contributed by atoms with Crippen LogP contribution in [0.4, 0.5) is 0 Å². The largest absolute Gasteiger partial charge is 0.455 e. The summed E-state index contributed by atoms with van der Waals surface area (Å²) in [4.78, 5) is 0. The van der Waals surface area contributed by atoms with Gasteiger partial charge >= 0.3 is 0 Å². The van der Waals surface area contributed by atoms with Gasteiger partial charge in [0.25, 0.3) is 0 Å². The topological polar surface area (TPSA) is 26.3 Å². The second kappa shape index (κ2) is 10.8. The highest BCUT2D eigenvalue weighted by molar-refractivity contribution is 7.26. The van der Waals surface area contributed by atoms with Crippen LogP contribution in [0.1, 0.15) is 0 Å². The summed E-state index contributed by atoms with van der Waals surface area (Å²) in [6.07, 6.45) is 0. The number of benzene rings is 11. The summed E-state index contributed by atoms with van der Waals surface area (Å²) in [6.45, 7) is 0. The highest BCUT2D eigenvalue weighted by Crippen LogP contribution is 2.49. The van der Waals surface area contributed by atoms with Crippen molar-refractivity contribution in [2.75, 3.05) is 0 Å². The zero-order valence-electron chi connectivity index (χ0n) is 30.4. The lowest BCUT2D eigenvalue weighted by molar-refractivity contribution is 0.672. The van der Waals surface area contributed by atoms with E-state index in [0.29, 0.717) is 0 Å². The van der Waals surface area contributed by atoms with Crippen molar-refractivity contribution in [3.63, 3.8) is 0 Å². The highest BCUT2D eigenvalue weighted by atomic mass is 32.1. The lowest BCUT2D eigenvalue weighted by Crippen LogP contribution is -1.91. The van der Waals surface area contributed by atoms with Crippen LogP contribution in [-0.4, -0.2) is 0 Å². The maximum Gasteiger partial charge on any atom is 0.153 e. The second-order valence-corrected chi connectivity index (χ2v) is 16.5. The Labute approximate surface area is 328 Å². The van der Waals surface area contributed by atoms with Crippen LogP contribution in [0.5, 0.6) is 0 Å². The Bertz CT molecular complexity index is 3990. The van der Waals surface area contributed by atoms with Crippen LogP contribution in [-0.2, 0) is 0 Å². The molecule has 0 unspecified atom stereocenters. The minimum absolute atomic E-state index is 0.907. The zero-order chi connectivity index (χ0) is 36.9. The van der Waals surface area contributed by atoms with Crippen molar-refractivity contribution < 1.29 is 8.83 Å². The van der Waals surface area contributed by atoms with Gasteiger partial charge in [-0.15, -0.1) is 11.3 Å². The molecule has 0 spiro atoms. The van der Waals surface area contributed by atoms with Gasteiger partial charge in [0.05, 0.1) is 4.70 Å². The average Bonchev–Trinajstić information content (AvgIpc) is 3.96. The normalized spacial score (nSPS) is 12.6.